The van der Waals surface area contributed by atoms with Crippen LogP contribution in [0.4, 0.5) is 5.69 Å². The Morgan fingerprint density at radius 3 is 2.59 bits per heavy atom. The van der Waals surface area contributed by atoms with Crippen LogP contribution in [0.15, 0.2) is 30.3 Å². The van der Waals surface area contributed by atoms with Crippen molar-refractivity contribution in [3.05, 3.63) is 41.7 Å². The van der Waals surface area contributed by atoms with Crippen molar-refractivity contribution >= 4 is 21.4 Å². The molecular formula is C19H25N3O4S. The van der Waals surface area contributed by atoms with Gasteiger partial charge in [-0.3, -0.25) is 9.48 Å². The van der Waals surface area contributed by atoms with Crippen molar-refractivity contribution in [2.75, 3.05) is 23.4 Å². The van der Waals surface area contributed by atoms with Gasteiger partial charge in [-0.05, 0) is 49.6 Å². The van der Waals surface area contributed by atoms with Gasteiger partial charge < -0.3 is 10.1 Å². The van der Waals surface area contributed by atoms with Gasteiger partial charge in [0.25, 0.3) is 5.91 Å². The minimum Gasteiger partial charge on any atom is -0.494 e. The molecule has 146 valence electrons. The first-order chi connectivity index (χ1) is 12.8. The smallest absolute Gasteiger partial charge is 0.276 e. The minimum atomic E-state index is -3.03. The van der Waals surface area contributed by atoms with E-state index in [0.717, 1.165) is 11.4 Å². The summed E-state index contributed by atoms with van der Waals surface area (Å²) in [6, 6.07) is 8.67. The number of ether oxygens (including phenoxy) is 1. The van der Waals surface area contributed by atoms with Gasteiger partial charge in [0.1, 0.15) is 5.75 Å². The highest BCUT2D eigenvalue weighted by Gasteiger charge is 2.32. The summed E-state index contributed by atoms with van der Waals surface area (Å²) in [4.78, 5) is 12.6. The van der Waals surface area contributed by atoms with Gasteiger partial charge in [-0.15, -0.1) is 0 Å². The van der Waals surface area contributed by atoms with Crippen LogP contribution in [0.25, 0.3) is 0 Å². The van der Waals surface area contributed by atoms with Crippen LogP contribution in [0, 0.1) is 0 Å². The third-order valence-electron chi connectivity index (χ3n) is 4.57. The third-order valence-corrected chi connectivity index (χ3v) is 6.32. The molecule has 1 saturated heterocycles. The standard InChI is InChI=1S/C19H25N3O4S/c1-4-26-16-7-5-14(6-8-16)20-19(23)17-11-18(13(2)3)22(21-17)15-9-10-27(24,25)12-15/h5-8,11,13,15H,4,9-10,12H2,1-3H3,(H,20,23). The number of hydrogen-bond acceptors (Lipinski definition) is 5. The molecule has 2 heterocycles. The third kappa shape index (κ3) is 4.50. The fourth-order valence-electron chi connectivity index (χ4n) is 3.21. The van der Waals surface area contributed by atoms with Crippen LogP contribution in [-0.2, 0) is 9.84 Å². The number of amides is 1. The summed E-state index contributed by atoms with van der Waals surface area (Å²) >= 11 is 0. The summed E-state index contributed by atoms with van der Waals surface area (Å²) in [5.74, 6) is 0.801. The van der Waals surface area contributed by atoms with Gasteiger partial charge in [0, 0.05) is 11.4 Å². The summed E-state index contributed by atoms with van der Waals surface area (Å²) in [6.45, 7) is 6.50. The number of nitrogens with zero attached hydrogens (tertiary/aromatic N) is 2. The number of rotatable bonds is 6. The van der Waals surface area contributed by atoms with E-state index in [1.165, 1.54) is 0 Å². The Bertz CT molecular complexity index is 917. The van der Waals surface area contributed by atoms with Crippen LogP contribution >= 0.6 is 0 Å². The van der Waals surface area contributed by atoms with Crippen molar-refractivity contribution in [2.24, 2.45) is 0 Å². The number of nitrogens with one attached hydrogen (secondary N) is 1. The predicted octanol–water partition coefficient (Wildman–Crippen LogP) is 3.02. The highest BCUT2D eigenvalue weighted by atomic mass is 32.2. The van der Waals surface area contributed by atoms with Gasteiger partial charge in [-0.1, -0.05) is 13.8 Å². The average molecular weight is 391 g/mol. The predicted molar refractivity (Wildman–Crippen MR) is 104 cm³/mol. The number of carbonyl (C=O) groups is 1. The highest BCUT2D eigenvalue weighted by molar-refractivity contribution is 7.91. The SMILES string of the molecule is CCOc1ccc(NC(=O)c2cc(C(C)C)n(C3CCS(=O)(=O)C3)n2)cc1. The summed E-state index contributed by atoms with van der Waals surface area (Å²) < 4.78 is 30.8. The Labute approximate surface area is 159 Å². The van der Waals surface area contributed by atoms with Crippen molar-refractivity contribution in [1.29, 1.82) is 0 Å². The lowest BCUT2D eigenvalue weighted by Crippen LogP contribution is -2.17. The van der Waals surface area contributed by atoms with E-state index in [0.29, 0.717) is 18.7 Å². The molecule has 1 aliphatic heterocycles. The summed E-state index contributed by atoms with van der Waals surface area (Å²) in [5, 5.41) is 7.26. The number of carbonyl (C=O) groups excluding carboxylic acids is 1. The van der Waals surface area contributed by atoms with Gasteiger partial charge >= 0.3 is 0 Å². The summed E-state index contributed by atoms with van der Waals surface area (Å²) in [5.41, 5.74) is 1.80. The zero-order chi connectivity index (χ0) is 19.6. The quantitative estimate of drug-likeness (QED) is 0.817. The van der Waals surface area contributed by atoms with Gasteiger partial charge in [0.05, 0.1) is 24.2 Å². The Hall–Kier alpha value is -2.35. The topological polar surface area (TPSA) is 90.3 Å². The number of hydrogen-bond donors (Lipinski definition) is 1. The van der Waals surface area contributed by atoms with Crippen LogP contribution in [-0.4, -0.2) is 42.2 Å². The molecule has 27 heavy (non-hydrogen) atoms. The van der Waals surface area contributed by atoms with Gasteiger partial charge in [-0.25, -0.2) is 8.42 Å². The zero-order valence-electron chi connectivity index (χ0n) is 15.8. The monoisotopic (exact) mass is 391 g/mol. The maximum absolute atomic E-state index is 12.6. The minimum absolute atomic E-state index is 0.0777. The fraction of sp³-hybridized carbons (Fsp3) is 0.474. The summed E-state index contributed by atoms with van der Waals surface area (Å²) in [6.07, 6.45) is 0.531. The van der Waals surface area contributed by atoms with Gasteiger partial charge in [0.15, 0.2) is 15.5 Å². The second kappa shape index (κ2) is 7.72. The van der Waals surface area contributed by atoms with Crippen LogP contribution in [0.3, 0.4) is 0 Å². The molecule has 1 aromatic carbocycles. The van der Waals surface area contributed by atoms with Crippen LogP contribution in [0.5, 0.6) is 5.75 Å². The molecule has 0 spiro atoms. The molecule has 0 aliphatic carbocycles. The van der Waals surface area contributed by atoms with Crippen LogP contribution in [0.2, 0.25) is 0 Å². The maximum Gasteiger partial charge on any atom is 0.276 e. The molecule has 0 bridgehead atoms. The van der Waals surface area contributed by atoms with Crippen molar-refractivity contribution in [1.82, 2.24) is 9.78 Å². The first kappa shape index (κ1) is 19.4. The molecule has 1 aliphatic rings. The second-order valence-electron chi connectivity index (χ2n) is 7.02. The van der Waals surface area contributed by atoms with E-state index in [-0.39, 0.29) is 35.1 Å². The molecule has 1 aromatic heterocycles. The molecule has 1 atom stereocenters. The Kier molecular flexibility index (Phi) is 5.55. The van der Waals surface area contributed by atoms with Crippen molar-refractivity contribution in [2.45, 2.75) is 39.2 Å². The van der Waals surface area contributed by atoms with Crippen molar-refractivity contribution in [3.63, 3.8) is 0 Å². The summed E-state index contributed by atoms with van der Waals surface area (Å²) in [7, 11) is -3.03. The number of benzene rings is 1. The first-order valence-electron chi connectivity index (χ1n) is 9.13. The molecule has 8 heteroatoms. The Balaban J connectivity index is 1.79. The van der Waals surface area contributed by atoms with Crippen LogP contribution < -0.4 is 10.1 Å². The second-order valence-corrected chi connectivity index (χ2v) is 9.25. The Morgan fingerprint density at radius 1 is 1.33 bits per heavy atom. The van der Waals surface area contributed by atoms with Crippen LogP contribution in [0.1, 0.15) is 55.3 Å². The van der Waals surface area contributed by atoms with E-state index in [1.54, 1.807) is 35.0 Å². The molecule has 1 unspecified atom stereocenters. The van der Waals surface area contributed by atoms with Crippen molar-refractivity contribution < 1.29 is 17.9 Å². The van der Waals surface area contributed by atoms with E-state index < -0.39 is 9.84 Å². The van der Waals surface area contributed by atoms with E-state index in [4.69, 9.17) is 4.74 Å². The largest absolute Gasteiger partial charge is 0.494 e. The molecule has 0 saturated carbocycles. The van der Waals surface area contributed by atoms with Gasteiger partial charge in [-0.2, -0.15) is 5.10 Å². The molecule has 1 fully saturated rings. The normalized spacial score (nSPS) is 18.6. The Morgan fingerprint density at radius 2 is 2.04 bits per heavy atom. The number of aromatic nitrogens is 2. The zero-order valence-corrected chi connectivity index (χ0v) is 16.6. The lowest BCUT2D eigenvalue weighted by atomic mass is 10.1. The van der Waals surface area contributed by atoms with E-state index in [2.05, 4.69) is 10.4 Å². The fourth-order valence-corrected chi connectivity index (χ4v) is 4.90. The lowest BCUT2D eigenvalue weighted by molar-refractivity contribution is 0.102. The number of sulfone groups is 1. The molecule has 0 radical (unpaired) electrons. The molecule has 7 nitrogen and oxygen atoms in total. The lowest BCUT2D eigenvalue weighted by Gasteiger charge is -2.15. The average Bonchev–Trinajstić information content (AvgIpc) is 3.20. The maximum atomic E-state index is 12.6. The molecule has 2 aromatic rings. The first-order valence-corrected chi connectivity index (χ1v) is 11.0. The highest BCUT2D eigenvalue weighted by Crippen LogP contribution is 2.28. The van der Waals surface area contributed by atoms with E-state index in [9.17, 15) is 13.2 Å². The number of anilines is 1. The molecular weight excluding hydrogens is 366 g/mol. The molecule has 3 rings (SSSR count). The van der Waals surface area contributed by atoms with E-state index >= 15 is 0 Å². The molecule has 1 N–H and O–H groups in total. The van der Waals surface area contributed by atoms with Gasteiger partial charge in [0.2, 0.25) is 0 Å². The van der Waals surface area contributed by atoms with Crippen molar-refractivity contribution in [3.8, 4) is 5.75 Å². The van der Waals surface area contributed by atoms with E-state index in [1.807, 2.05) is 20.8 Å². The molecule has 1 amide bonds.